The average Bonchev–Trinajstić information content (AvgIpc) is 2.54. The zero-order valence-corrected chi connectivity index (χ0v) is 14.0. The van der Waals surface area contributed by atoms with Crippen molar-refractivity contribution in [2.45, 2.75) is 45.2 Å². The van der Waals surface area contributed by atoms with Gasteiger partial charge in [-0.05, 0) is 43.5 Å². The third-order valence-corrected chi connectivity index (χ3v) is 4.36. The summed E-state index contributed by atoms with van der Waals surface area (Å²) in [4.78, 5) is 25.7. The summed E-state index contributed by atoms with van der Waals surface area (Å²) in [6, 6.07) is 5.65. The first-order valence-corrected chi connectivity index (χ1v) is 8.49. The number of likely N-dealkylation sites (tertiary alicyclic amines) is 1. The molecule has 2 rings (SSSR count). The Labute approximate surface area is 141 Å². The number of carboxylic acid groups (broad SMARTS) is 1. The van der Waals surface area contributed by atoms with E-state index >= 15 is 0 Å². The van der Waals surface area contributed by atoms with Gasteiger partial charge in [-0.25, -0.2) is 9.18 Å². The van der Waals surface area contributed by atoms with E-state index < -0.39 is 12.0 Å². The van der Waals surface area contributed by atoms with Gasteiger partial charge in [0.15, 0.2) is 0 Å². The van der Waals surface area contributed by atoms with E-state index in [0.717, 1.165) is 24.9 Å². The Kier molecular flexibility index (Phi) is 6.73. The Morgan fingerprint density at radius 1 is 1.46 bits per heavy atom. The Bertz CT molecular complexity index is 579. The number of carboxylic acids is 1. The van der Waals surface area contributed by atoms with Gasteiger partial charge in [-0.1, -0.05) is 25.5 Å². The lowest BCUT2D eigenvalue weighted by molar-refractivity contribution is -0.143. The van der Waals surface area contributed by atoms with Crippen LogP contribution in [0, 0.1) is 11.7 Å². The largest absolute Gasteiger partial charge is 0.480 e. The predicted octanol–water partition coefficient (Wildman–Crippen LogP) is 2.41. The number of hydrogen-bond donors (Lipinski definition) is 2. The first kappa shape index (κ1) is 18.4. The number of benzene rings is 1. The number of halogens is 1. The van der Waals surface area contributed by atoms with Gasteiger partial charge >= 0.3 is 5.97 Å². The Morgan fingerprint density at radius 2 is 2.25 bits per heavy atom. The van der Waals surface area contributed by atoms with E-state index in [1.807, 2.05) is 13.0 Å². The third kappa shape index (κ3) is 5.30. The molecule has 1 amide bonds. The molecule has 2 unspecified atom stereocenters. The van der Waals surface area contributed by atoms with Crippen molar-refractivity contribution in [2.24, 2.45) is 5.92 Å². The third-order valence-electron chi connectivity index (χ3n) is 4.36. The minimum absolute atomic E-state index is 0.195. The summed E-state index contributed by atoms with van der Waals surface area (Å²) in [7, 11) is 0. The Balaban J connectivity index is 1.92. The highest BCUT2D eigenvalue weighted by Crippen LogP contribution is 2.19. The Hall–Kier alpha value is -1.95. The maximum Gasteiger partial charge on any atom is 0.326 e. The normalized spacial score (nSPS) is 19.7. The van der Waals surface area contributed by atoms with Gasteiger partial charge in [0.25, 0.3) is 0 Å². The van der Waals surface area contributed by atoms with Crippen molar-refractivity contribution in [3.05, 3.63) is 35.6 Å². The van der Waals surface area contributed by atoms with Crippen LogP contribution >= 0.6 is 0 Å². The number of hydrogen-bond acceptors (Lipinski definition) is 3. The highest BCUT2D eigenvalue weighted by atomic mass is 19.1. The molecule has 6 heteroatoms. The number of nitrogens with zero attached hydrogens (tertiary/aromatic N) is 1. The summed E-state index contributed by atoms with van der Waals surface area (Å²) in [5.41, 5.74) is 0.880. The zero-order valence-electron chi connectivity index (χ0n) is 14.0. The van der Waals surface area contributed by atoms with E-state index in [1.54, 1.807) is 6.07 Å². The molecular weight excluding hydrogens is 311 g/mol. The minimum Gasteiger partial charge on any atom is -0.480 e. The maximum absolute atomic E-state index is 13.3. The number of rotatable bonds is 7. The average molecular weight is 336 g/mol. The molecule has 0 aromatic heterocycles. The number of carbonyl (C=O) groups is 2. The molecule has 1 heterocycles. The van der Waals surface area contributed by atoms with Crippen LogP contribution in [0.2, 0.25) is 0 Å². The van der Waals surface area contributed by atoms with Crippen LogP contribution in [0.5, 0.6) is 0 Å². The summed E-state index contributed by atoms with van der Waals surface area (Å²) >= 11 is 0. The summed E-state index contributed by atoms with van der Waals surface area (Å²) < 4.78 is 13.3. The zero-order chi connectivity index (χ0) is 17.5. The van der Waals surface area contributed by atoms with E-state index in [1.165, 1.54) is 12.1 Å². The number of amides is 1. The number of carbonyl (C=O) groups excluding carboxylic acids is 1. The molecule has 1 fully saturated rings. The van der Waals surface area contributed by atoms with Crippen LogP contribution in [-0.4, -0.2) is 41.0 Å². The van der Waals surface area contributed by atoms with E-state index in [0.29, 0.717) is 25.9 Å². The molecule has 0 spiro atoms. The summed E-state index contributed by atoms with van der Waals surface area (Å²) in [5.74, 6) is -1.66. The quantitative estimate of drug-likeness (QED) is 0.802. The molecule has 1 aromatic carbocycles. The standard InChI is InChI=1S/C18H25FN2O3/c1-2-5-16(18(23)24)20-17(22)14-7-4-9-21(12-14)11-13-6-3-8-15(19)10-13/h3,6,8,10,14,16H,2,4-5,7,9,11-12H2,1H3,(H,20,22)(H,23,24). The molecule has 2 N–H and O–H groups in total. The lowest BCUT2D eigenvalue weighted by Gasteiger charge is -2.32. The fourth-order valence-corrected chi connectivity index (χ4v) is 3.14. The second-order valence-corrected chi connectivity index (χ2v) is 6.39. The molecule has 0 aliphatic carbocycles. The van der Waals surface area contributed by atoms with Crippen molar-refractivity contribution >= 4 is 11.9 Å². The molecule has 5 nitrogen and oxygen atoms in total. The highest BCUT2D eigenvalue weighted by molar-refractivity contribution is 5.85. The number of aliphatic carboxylic acids is 1. The van der Waals surface area contributed by atoms with Crippen LogP contribution in [0.4, 0.5) is 4.39 Å². The fourth-order valence-electron chi connectivity index (χ4n) is 3.14. The molecule has 1 aliphatic heterocycles. The summed E-state index contributed by atoms with van der Waals surface area (Å²) in [5, 5.41) is 11.8. The fraction of sp³-hybridized carbons (Fsp3) is 0.556. The van der Waals surface area contributed by atoms with Crippen molar-refractivity contribution in [3.8, 4) is 0 Å². The highest BCUT2D eigenvalue weighted by Gasteiger charge is 2.28. The lowest BCUT2D eigenvalue weighted by atomic mass is 9.96. The first-order valence-electron chi connectivity index (χ1n) is 8.49. The molecule has 0 saturated carbocycles. The van der Waals surface area contributed by atoms with E-state index in [2.05, 4.69) is 10.2 Å². The van der Waals surface area contributed by atoms with Gasteiger partial charge < -0.3 is 10.4 Å². The maximum atomic E-state index is 13.3. The van der Waals surface area contributed by atoms with Crippen LogP contribution in [-0.2, 0) is 16.1 Å². The molecular formula is C18H25FN2O3. The predicted molar refractivity (Wildman–Crippen MR) is 88.9 cm³/mol. The van der Waals surface area contributed by atoms with Gasteiger partial charge in [0.2, 0.25) is 5.91 Å². The van der Waals surface area contributed by atoms with Gasteiger partial charge in [0, 0.05) is 13.1 Å². The second-order valence-electron chi connectivity index (χ2n) is 6.39. The van der Waals surface area contributed by atoms with E-state index in [-0.39, 0.29) is 17.6 Å². The van der Waals surface area contributed by atoms with E-state index in [4.69, 9.17) is 5.11 Å². The van der Waals surface area contributed by atoms with Crippen LogP contribution in [0.1, 0.15) is 38.2 Å². The molecule has 132 valence electrons. The van der Waals surface area contributed by atoms with Crippen molar-refractivity contribution in [1.82, 2.24) is 10.2 Å². The summed E-state index contributed by atoms with van der Waals surface area (Å²) in [6.45, 7) is 3.92. The smallest absolute Gasteiger partial charge is 0.326 e. The van der Waals surface area contributed by atoms with Gasteiger partial charge in [0.1, 0.15) is 11.9 Å². The van der Waals surface area contributed by atoms with Crippen LogP contribution < -0.4 is 5.32 Å². The molecule has 0 radical (unpaired) electrons. The summed E-state index contributed by atoms with van der Waals surface area (Å²) in [6.07, 6.45) is 2.76. The molecule has 0 bridgehead atoms. The van der Waals surface area contributed by atoms with Crippen molar-refractivity contribution in [1.29, 1.82) is 0 Å². The van der Waals surface area contributed by atoms with E-state index in [9.17, 15) is 14.0 Å². The molecule has 1 aliphatic rings. The number of nitrogens with one attached hydrogen (secondary N) is 1. The van der Waals surface area contributed by atoms with Crippen LogP contribution in [0.15, 0.2) is 24.3 Å². The van der Waals surface area contributed by atoms with Crippen molar-refractivity contribution in [2.75, 3.05) is 13.1 Å². The first-order chi connectivity index (χ1) is 11.5. The Morgan fingerprint density at radius 3 is 2.92 bits per heavy atom. The van der Waals surface area contributed by atoms with Crippen LogP contribution in [0.3, 0.4) is 0 Å². The SMILES string of the molecule is CCCC(NC(=O)C1CCCN(Cc2cccc(F)c2)C1)C(=O)O. The molecule has 1 aromatic rings. The molecule has 2 atom stereocenters. The van der Waals surface area contributed by atoms with Gasteiger partial charge in [-0.15, -0.1) is 0 Å². The van der Waals surface area contributed by atoms with Crippen molar-refractivity contribution in [3.63, 3.8) is 0 Å². The lowest BCUT2D eigenvalue weighted by Crippen LogP contribution is -2.48. The van der Waals surface area contributed by atoms with Gasteiger partial charge in [-0.2, -0.15) is 0 Å². The van der Waals surface area contributed by atoms with Crippen molar-refractivity contribution < 1.29 is 19.1 Å². The molecule has 24 heavy (non-hydrogen) atoms. The van der Waals surface area contributed by atoms with Gasteiger partial charge in [0.05, 0.1) is 5.92 Å². The number of piperidine rings is 1. The second kappa shape index (κ2) is 8.78. The minimum atomic E-state index is -0.988. The monoisotopic (exact) mass is 336 g/mol. The topological polar surface area (TPSA) is 69.6 Å². The van der Waals surface area contributed by atoms with Crippen LogP contribution in [0.25, 0.3) is 0 Å². The van der Waals surface area contributed by atoms with Gasteiger partial charge in [-0.3, -0.25) is 9.69 Å². The molecule has 1 saturated heterocycles.